The van der Waals surface area contributed by atoms with E-state index in [0.29, 0.717) is 11.9 Å². The topological polar surface area (TPSA) is 43.4 Å². The second kappa shape index (κ2) is 5.46. The molecule has 0 aliphatic rings. The van der Waals surface area contributed by atoms with Crippen LogP contribution in [0.5, 0.6) is 0 Å². The van der Waals surface area contributed by atoms with Crippen molar-refractivity contribution < 1.29 is 14.3 Å². The summed E-state index contributed by atoms with van der Waals surface area (Å²) >= 11 is 0.825. The molecule has 10 heavy (non-hydrogen) atoms. The van der Waals surface area contributed by atoms with Crippen LogP contribution in [0, 0.1) is 0 Å². The fourth-order valence-electron chi connectivity index (χ4n) is 0.498. The van der Waals surface area contributed by atoms with E-state index in [1.807, 2.05) is 0 Å². The molecule has 4 heteroatoms. The molecule has 0 aliphatic carbocycles. The van der Waals surface area contributed by atoms with Crippen LogP contribution in [0.15, 0.2) is 0 Å². The highest BCUT2D eigenvalue weighted by molar-refractivity contribution is 6.22. The maximum atomic E-state index is 10.6. The normalized spacial score (nSPS) is 8.90. The van der Waals surface area contributed by atoms with Gasteiger partial charge in [-0.2, -0.15) is 0 Å². The van der Waals surface area contributed by atoms with Crippen molar-refractivity contribution in [1.82, 2.24) is 0 Å². The van der Waals surface area contributed by atoms with Crippen molar-refractivity contribution in [1.29, 1.82) is 0 Å². The van der Waals surface area contributed by atoms with Crippen LogP contribution >= 0.6 is 0 Å². The molecule has 0 aliphatic heterocycles. The molecule has 56 valence electrons. The lowest BCUT2D eigenvalue weighted by molar-refractivity contribution is -0.145. The molecule has 0 radical (unpaired) electrons. The van der Waals surface area contributed by atoms with Gasteiger partial charge in [0.2, 0.25) is 16.3 Å². The highest BCUT2D eigenvalue weighted by Gasteiger charge is 2.06. The van der Waals surface area contributed by atoms with Crippen molar-refractivity contribution >= 4 is 28.0 Å². The van der Waals surface area contributed by atoms with E-state index in [4.69, 9.17) is 0 Å². The van der Waals surface area contributed by atoms with Gasteiger partial charge in [0.05, 0.1) is 6.61 Å². The number of ether oxygens (including phenoxy) is 1. The molecule has 0 atom stereocenters. The van der Waals surface area contributed by atoms with Gasteiger partial charge in [-0.3, -0.25) is 4.79 Å². The van der Waals surface area contributed by atoms with Gasteiger partial charge in [-0.25, -0.2) is 0 Å². The number of rotatable bonds is 4. The minimum absolute atomic E-state index is 0.00915. The Hall–Kier alpha value is -0.328. The van der Waals surface area contributed by atoms with Crippen molar-refractivity contribution in [2.45, 2.75) is 18.6 Å². The van der Waals surface area contributed by atoms with Crippen LogP contribution in [0.1, 0.15) is 13.3 Å². The molecule has 0 aromatic carbocycles. The number of hydrogen-bond donors (Lipinski definition) is 0. The SMILES string of the molecule is CCOC(=O)CC(=O)[CH2][AlH2]. The molecule has 0 N–H and O–H groups in total. The fourth-order valence-corrected chi connectivity index (χ4v) is 0.748. The van der Waals surface area contributed by atoms with Gasteiger partial charge < -0.3 is 9.53 Å². The zero-order chi connectivity index (χ0) is 7.98. The van der Waals surface area contributed by atoms with Crippen LogP contribution in [0.3, 0.4) is 0 Å². The van der Waals surface area contributed by atoms with Crippen LogP contribution in [-0.4, -0.2) is 34.6 Å². The van der Waals surface area contributed by atoms with E-state index >= 15 is 0 Å². The van der Waals surface area contributed by atoms with Gasteiger partial charge >= 0.3 is 5.97 Å². The molecule has 0 heterocycles. The number of esters is 1. The monoisotopic (exact) mass is 158 g/mol. The molecule has 0 spiro atoms. The summed E-state index contributed by atoms with van der Waals surface area (Å²) in [4.78, 5) is 21.2. The molecule has 0 rings (SSSR count). The molecule has 0 saturated carbocycles. The Labute approximate surface area is 68.2 Å². The van der Waals surface area contributed by atoms with Crippen molar-refractivity contribution in [3.05, 3.63) is 0 Å². The second-order valence-electron chi connectivity index (χ2n) is 1.87. The third-order valence-corrected chi connectivity index (χ3v) is 1.83. The minimum atomic E-state index is -0.400. The second-order valence-corrected chi connectivity index (χ2v) is 2.58. The molecule has 0 amide bonds. The predicted molar refractivity (Wildman–Crippen MR) is 39.6 cm³/mol. The predicted octanol–water partition coefficient (Wildman–Crippen LogP) is -0.440. The first-order chi connectivity index (χ1) is 4.70. The summed E-state index contributed by atoms with van der Waals surface area (Å²) in [5.41, 5.74) is 0. The van der Waals surface area contributed by atoms with Gasteiger partial charge in [0.1, 0.15) is 12.2 Å². The van der Waals surface area contributed by atoms with E-state index in [0.717, 1.165) is 16.3 Å². The third-order valence-electron chi connectivity index (χ3n) is 1.04. The highest BCUT2D eigenvalue weighted by Crippen LogP contribution is 1.90. The first-order valence-corrected chi connectivity index (χ1v) is 4.79. The molecule has 0 aromatic heterocycles. The molecular weight excluding hydrogens is 147 g/mol. The van der Waals surface area contributed by atoms with Crippen molar-refractivity contribution in [2.75, 3.05) is 6.61 Å². The third kappa shape index (κ3) is 4.54. The van der Waals surface area contributed by atoms with E-state index < -0.39 is 5.97 Å². The molecule has 0 saturated heterocycles. The lowest BCUT2D eigenvalue weighted by atomic mass is 10.3. The van der Waals surface area contributed by atoms with E-state index in [1.165, 1.54) is 0 Å². The maximum absolute atomic E-state index is 10.6. The van der Waals surface area contributed by atoms with Crippen LogP contribution in [0.2, 0.25) is 5.28 Å². The number of carbonyl (C=O) groups is 2. The molecule has 0 unspecified atom stereocenters. The van der Waals surface area contributed by atoms with Gasteiger partial charge in [0.25, 0.3) is 0 Å². The van der Waals surface area contributed by atoms with Crippen LogP contribution in [0.25, 0.3) is 0 Å². The van der Waals surface area contributed by atoms with Crippen LogP contribution in [-0.2, 0) is 14.3 Å². The largest absolute Gasteiger partial charge is 0.466 e. The maximum Gasteiger partial charge on any atom is 0.313 e. The average molecular weight is 158 g/mol. The van der Waals surface area contributed by atoms with Crippen molar-refractivity contribution in [3.8, 4) is 0 Å². The van der Waals surface area contributed by atoms with Crippen LogP contribution in [0.4, 0.5) is 0 Å². The number of Topliss-reactive ketones (excluding diaryl/α,β-unsaturated/α-hetero) is 1. The standard InChI is InChI=1S/C6H9O3.Al.2H/c1-3-9-6(8)4-5(2)7;;;/h2-4H2,1H3;;;. The Morgan fingerprint density at radius 1 is 1.50 bits per heavy atom. The van der Waals surface area contributed by atoms with E-state index in [9.17, 15) is 9.59 Å². The van der Waals surface area contributed by atoms with Gasteiger partial charge in [-0.15, -0.1) is 0 Å². The number of hydrogen-bond acceptors (Lipinski definition) is 3. The lowest BCUT2D eigenvalue weighted by Crippen LogP contribution is -2.10. The quantitative estimate of drug-likeness (QED) is 0.316. The Morgan fingerprint density at radius 2 is 2.10 bits per heavy atom. The summed E-state index contributed by atoms with van der Waals surface area (Å²) in [6, 6.07) is 0. The van der Waals surface area contributed by atoms with E-state index in [-0.39, 0.29) is 12.2 Å². The molecule has 0 fully saturated rings. The van der Waals surface area contributed by atoms with Crippen molar-refractivity contribution in [3.63, 3.8) is 0 Å². The minimum Gasteiger partial charge on any atom is -0.466 e. The van der Waals surface area contributed by atoms with Crippen molar-refractivity contribution in [2.24, 2.45) is 0 Å². The summed E-state index contributed by atoms with van der Waals surface area (Å²) in [5, 5.41) is 0.540. The molecular formula is C6H11AlO3. The zero-order valence-electron chi connectivity index (χ0n) is 6.35. The Kier molecular flexibility index (Phi) is 5.28. The fraction of sp³-hybridized carbons (Fsp3) is 0.667. The smallest absolute Gasteiger partial charge is 0.313 e. The summed E-state index contributed by atoms with van der Waals surface area (Å²) in [6.45, 7) is 2.08. The summed E-state index contributed by atoms with van der Waals surface area (Å²) < 4.78 is 4.57. The van der Waals surface area contributed by atoms with Gasteiger partial charge in [0.15, 0.2) is 0 Å². The average Bonchev–Trinajstić information content (AvgIpc) is 1.88. The first-order valence-electron chi connectivity index (χ1n) is 3.38. The van der Waals surface area contributed by atoms with Gasteiger partial charge in [-0.05, 0) is 12.2 Å². The Morgan fingerprint density at radius 3 is 2.50 bits per heavy atom. The highest BCUT2D eigenvalue weighted by atomic mass is 27.0. The number of carbonyl (C=O) groups excluding carboxylic acids is 2. The van der Waals surface area contributed by atoms with Gasteiger partial charge in [0, 0.05) is 0 Å². The van der Waals surface area contributed by atoms with E-state index in [1.54, 1.807) is 6.92 Å². The summed E-state index contributed by atoms with van der Waals surface area (Å²) in [7, 11) is 0. The van der Waals surface area contributed by atoms with E-state index in [2.05, 4.69) is 4.74 Å². The molecule has 0 bridgehead atoms. The summed E-state index contributed by atoms with van der Waals surface area (Å²) in [5.74, 6) is -0.409. The molecule has 3 nitrogen and oxygen atoms in total. The molecule has 0 aromatic rings. The summed E-state index contributed by atoms with van der Waals surface area (Å²) in [6.07, 6.45) is -0.0443. The zero-order valence-corrected chi connectivity index (χ0v) is 8.35. The first kappa shape index (κ1) is 9.67. The van der Waals surface area contributed by atoms with Crippen LogP contribution < -0.4 is 0 Å². The lowest BCUT2D eigenvalue weighted by Gasteiger charge is -1.97. The number of ketones is 1. The Bertz CT molecular complexity index is 133. The Balaban J connectivity index is 3.47. The van der Waals surface area contributed by atoms with Gasteiger partial charge in [-0.1, -0.05) is 0 Å².